The highest BCUT2D eigenvalue weighted by molar-refractivity contribution is 7.86. The van der Waals surface area contributed by atoms with Crippen molar-refractivity contribution in [3.8, 4) is 6.07 Å². The molecular weight excluding hydrogens is 257 g/mol. The van der Waals surface area contributed by atoms with Gasteiger partial charge in [-0.05, 0) is 29.6 Å². The highest BCUT2D eigenvalue weighted by Gasteiger charge is 2.10. The second-order valence-corrected chi connectivity index (χ2v) is 5.97. The molecule has 1 aromatic heterocycles. The van der Waals surface area contributed by atoms with E-state index in [9.17, 15) is 8.60 Å². The first kappa shape index (κ1) is 12.0. The number of hydrogen-bond donors (Lipinski definition) is 0. The van der Waals surface area contributed by atoms with E-state index in [-0.39, 0.29) is 5.75 Å². The average molecular weight is 265 g/mol. The van der Waals surface area contributed by atoms with Crippen molar-refractivity contribution >= 4 is 22.1 Å². The topological polar surface area (TPSA) is 40.9 Å². The highest BCUT2D eigenvalue weighted by atomic mass is 32.2. The summed E-state index contributed by atoms with van der Waals surface area (Å²) in [6.45, 7) is 0. The fourth-order valence-corrected chi connectivity index (χ4v) is 3.46. The van der Waals surface area contributed by atoms with Crippen LogP contribution in [0.1, 0.15) is 11.1 Å². The summed E-state index contributed by atoms with van der Waals surface area (Å²) in [4.78, 5) is 0. The van der Waals surface area contributed by atoms with Gasteiger partial charge in [-0.2, -0.15) is 5.26 Å². The second-order valence-electron chi connectivity index (χ2n) is 3.34. The minimum absolute atomic E-state index is 0.0991. The van der Waals surface area contributed by atoms with Gasteiger partial charge in [0.05, 0.1) is 32.4 Å². The van der Waals surface area contributed by atoms with Gasteiger partial charge >= 0.3 is 0 Å². The molecule has 1 aromatic carbocycles. The van der Waals surface area contributed by atoms with Crippen LogP contribution in [0.15, 0.2) is 39.9 Å². The van der Waals surface area contributed by atoms with Gasteiger partial charge in [-0.1, -0.05) is 6.07 Å². The Morgan fingerprint density at radius 1 is 1.41 bits per heavy atom. The normalized spacial score (nSPS) is 12.0. The average Bonchev–Trinajstić information content (AvgIpc) is 2.85. The van der Waals surface area contributed by atoms with Crippen molar-refractivity contribution in [2.24, 2.45) is 0 Å². The van der Waals surface area contributed by atoms with Crippen molar-refractivity contribution in [3.63, 3.8) is 0 Å². The van der Waals surface area contributed by atoms with Crippen LogP contribution in [0.3, 0.4) is 0 Å². The molecule has 17 heavy (non-hydrogen) atoms. The molecule has 0 aliphatic heterocycles. The molecule has 2 aromatic rings. The lowest BCUT2D eigenvalue weighted by Crippen LogP contribution is -1.98. The molecule has 86 valence electrons. The summed E-state index contributed by atoms with van der Waals surface area (Å²) in [6.07, 6.45) is 0. The maximum Gasteiger partial charge on any atom is 0.127 e. The van der Waals surface area contributed by atoms with Crippen LogP contribution in [-0.2, 0) is 16.6 Å². The third-order valence-corrected chi connectivity index (χ3v) is 4.85. The minimum Gasteiger partial charge on any atom is -0.253 e. The second kappa shape index (κ2) is 5.21. The number of hydrogen-bond acceptors (Lipinski definition) is 3. The number of nitrogens with zero attached hydrogens (tertiary/aromatic N) is 1. The quantitative estimate of drug-likeness (QED) is 0.855. The summed E-state index contributed by atoms with van der Waals surface area (Å²) in [7, 11) is -1.25. The molecule has 5 heteroatoms. The zero-order valence-corrected chi connectivity index (χ0v) is 10.4. The predicted octanol–water partition coefficient (Wildman–Crippen LogP) is 3.07. The molecule has 1 unspecified atom stereocenters. The van der Waals surface area contributed by atoms with Gasteiger partial charge in [-0.3, -0.25) is 4.21 Å². The van der Waals surface area contributed by atoms with Crippen molar-refractivity contribution in [1.29, 1.82) is 5.26 Å². The van der Waals surface area contributed by atoms with Gasteiger partial charge in [0.15, 0.2) is 0 Å². The van der Waals surface area contributed by atoms with E-state index in [0.717, 1.165) is 0 Å². The third kappa shape index (κ3) is 2.78. The maximum atomic E-state index is 13.5. The van der Waals surface area contributed by atoms with E-state index in [2.05, 4.69) is 0 Å². The molecule has 2 rings (SSSR count). The van der Waals surface area contributed by atoms with Crippen LogP contribution >= 0.6 is 11.3 Å². The number of halogens is 1. The predicted molar refractivity (Wildman–Crippen MR) is 65.5 cm³/mol. The zero-order chi connectivity index (χ0) is 12.3. The van der Waals surface area contributed by atoms with E-state index in [1.54, 1.807) is 12.1 Å². The van der Waals surface area contributed by atoms with Crippen molar-refractivity contribution in [1.82, 2.24) is 0 Å². The van der Waals surface area contributed by atoms with Crippen LogP contribution in [0.25, 0.3) is 0 Å². The van der Waals surface area contributed by atoms with E-state index < -0.39 is 16.6 Å². The lowest BCUT2D eigenvalue weighted by atomic mass is 10.1. The maximum absolute atomic E-state index is 13.5. The molecule has 0 radical (unpaired) electrons. The van der Waals surface area contributed by atoms with Crippen molar-refractivity contribution in [3.05, 3.63) is 52.7 Å². The summed E-state index contributed by atoms with van der Waals surface area (Å²) in [6, 6.07) is 9.59. The fourth-order valence-electron chi connectivity index (χ4n) is 1.36. The van der Waals surface area contributed by atoms with Gasteiger partial charge in [0.25, 0.3) is 0 Å². The van der Waals surface area contributed by atoms with E-state index in [4.69, 9.17) is 5.26 Å². The first-order chi connectivity index (χ1) is 8.20. The Kier molecular flexibility index (Phi) is 3.67. The molecular formula is C12H8FNOS2. The van der Waals surface area contributed by atoms with Crippen LogP contribution in [0.4, 0.5) is 4.39 Å². The molecule has 1 heterocycles. The Morgan fingerprint density at radius 2 is 2.24 bits per heavy atom. The molecule has 0 spiro atoms. The highest BCUT2D eigenvalue weighted by Crippen LogP contribution is 2.19. The van der Waals surface area contributed by atoms with Gasteiger partial charge < -0.3 is 0 Å². The lowest BCUT2D eigenvalue weighted by molar-refractivity contribution is 0.615. The fraction of sp³-hybridized carbons (Fsp3) is 0.0833. The Bertz CT molecular complexity index is 587. The van der Waals surface area contributed by atoms with Gasteiger partial charge in [0, 0.05) is 5.56 Å². The van der Waals surface area contributed by atoms with E-state index >= 15 is 0 Å². The smallest absolute Gasteiger partial charge is 0.127 e. The number of thiophene rings is 1. The van der Waals surface area contributed by atoms with Gasteiger partial charge in [-0.25, -0.2) is 4.39 Å². The number of benzene rings is 1. The molecule has 0 aliphatic carbocycles. The largest absolute Gasteiger partial charge is 0.253 e. The van der Waals surface area contributed by atoms with Crippen molar-refractivity contribution in [2.75, 3.05) is 0 Å². The van der Waals surface area contributed by atoms with Crippen LogP contribution in [0.2, 0.25) is 0 Å². The molecule has 1 atom stereocenters. The third-order valence-electron chi connectivity index (χ3n) is 2.18. The molecule has 0 N–H and O–H groups in total. The number of nitriles is 1. The van der Waals surface area contributed by atoms with Crippen LogP contribution in [0, 0.1) is 17.1 Å². The Morgan fingerprint density at radius 3 is 2.88 bits per heavy atom. The molecule has 0 saturated carbocycles. The van der Waals surface area contributed by atoms with Crippen LogP contribution in [-0.4, -0.2) is 4.21 Å². The summed E-state index contributed by atoms with van der Waals surface area (Å²) in [5.41, 5.74) is 0.695. The van der Waals surface area contributed by atoms with Crippen LogP contribution in [0.5, 0.6) is 0 Å². The number of rotatable bonds is 3. The van der Waals surface area contributed by atoms with Crippen molar-refractivity contribution in [2.45, 2.75) is 9.96 Å². The summed E-state index contributed by atoms with van der Waals surface area (Å²) in [5, 5.41) is 10.6. The monoisotopic (exact) mass is 265 g/mol. The van der Waals surface area contributed by atoms with E-state index in [1.807, 2.05) is 11.4 Å². The molecule has 0 fully saturated rings. The Balaban J connectivity index is 2.25. The molecule has 2 nitrogen and oxygen atoms in total. The first-order valence-corrected chi connectivity index (χ1v) is 7.01. The lowest BCUT2D eigenvalue weighted by Gasteiger charge is -2.02. The molecule has 0 aliphatic rings. The van der Waals surface area contributed by atoms with Gasteiger partial charge in [0.2, 0.25) is 0 Å². The standard InChI is InChI=1S/C12H8FNOS2/c13-11-4-3-9(7-14)6-10(11)8-17(15)12-2-1-5-16-12/h1-6H,8H2. The van der Waals surface area contributed by atoms with Gasteiger partial charge in [0.1, 0.15) is 5.82 Å². The van der Waals surface area contributed by atoms with E-state index in [1.165, 1.54) is 29.5 Å². The zero-order valence-electron chi connectivity index (χ0n) is 8.72. The van der Waals surface area contributed by atoms with Crippen LogP contribution < -0.4 is 0 Å². The SMILES string of the molecule is N#Cc1ccc(F)c(CS(=O)c2cccs2)c1. The minimum atomic E-state index is -1.25. The summed E-state index contributed by atoms with van der Waals surface area (Å²) >= 11 is 1.38. The molecule has 0 amide bonds. The summed E-state index contributed by atoms with van der Waals surface area (Å²) in [5.74, 6) is -0.323. The molecule has 0 saturated heterocycles. The Labute approximate surface area is 105 Å². The molecule has 0 bridgehead atoms. The summed E-state index contributed by atoms with van der Waals surface area (Å²) < 4.78 is 26.1. The van der Waals surface area contributed by atoms with Crippen molar-refractivity contribution < 1.29 is 8.60 Å². The first-order valence-electron chi connectivity index (χ1n) is 4.81. The van der Waals surface area contributed by atoms with E-state index in [0.29, 0.717) is 15.3 Å². The Hall–Kier alpha value is -1.51. The van der Waals surface area contributed by atoms with Gasteiger partial charge in [-0.15, -0.1) is 11.3 Å².